The van der Waals surface area contributed by atoms with Crippen LogP contribution in [0.2, 0.25) is 0 Å². The van der Waals surface area contributed by atoms with Gasteiger partial charge >= 0.3 is 0 Å². The van der Waals surface area contributed by atoms with Gasteiger partial charge in [-0.25, -0.2) is 13.4 Å². The number of carbonyl (C=O) groups excluding carboxylic acids is 2. The van der Waals surface area contributed by atoms with E-state index in [-0.39, 0.29) is 11.5 Å². The molecule has 0 N–H and O–H groups in total. The van der Waals surface area contributed by atoms with E-state index in [1.807, 2.05) is 0 Å². The molecule has 1 saturated heterocycles. The van der Waals surface area contributed by atoms with Crippen molar-refractivity contribution in [1.29, 1.82) is 0 Å². The molecule has 1 unspecified atom stereocenters. The first-order valence-electron chi connectivity index (χ1n) is 8.43. The Morgan fingerprint density at radius 1 is 1.30 bits per heavy atom. The number of nitrogens with zero attached hydrogens (tertiary/aromatic N) is 2. The molecule has 0 radical (unpaired) electrons. The molecule has 3 rings (SSSR count). The normalized spacial score (nSPS) is 27.2. The van der Waals surface area contributed by atoms with Crippen LogP contribution in [-0.4, -0.2) is 53.2 Å². The fraction of sp³-hybridized carbons (Fsp3) is 0.500. The van der Waals surface area contributed by atoms with Crippen molar-refractivity contribution in [3.8, 4) is 0 Å². The maximum absolute atomic E-state index is 13.3. The van der Waals surface area contributed by atoms with E-state index in [9.17, 15) is 18.0 Å². The largest absolute Gasteiger partial charge is 0.368 e. The molecule has 2 aliphatic rings. The van der Waals surface area contributed by atoms with E-state index < -0.39 is 37.2 Å². The van der Waals surface area contributed by atoms with E-state index in [2.05, 4.69) is 4.98 Å². The van der Waals surface area contributed by atoms with Gasteiger partial charge in [-0.15, -0.1) is 0 Å². The topological polar surface area (TPSA) is 93.6 Å². The number of Topliss-reactive ketones (excluding diaryl/α,β-unsaturated/α-hetero) is 1. The number of sulfone groups is 1. The van der Waals surface area contributed by atoms with Gasteiger partial charge in [0.25, 0.3) is 5.91 Å². The van der Waals surface area contributed by atoms with Crippen molar-refractivity contribution in [2.24, 2.45) is 5.41 Å². The zero-order valence-electron chi connectivity index (χ0n) is 15.8. The second-order valence-corrected chi connectivity index (χ2v) is 11.1. The highest BCUT2D eigenvalue weighted by Crippen LogP contribution is 2.47. The van der Waals surface area contributed by atoms with Gasteiger partial charge in [-0.3, -0.25) is 14.5 Å². The zero-order valence-corrected chi connectivity index (χ0v) is 17.4. The van der Waals surface area contributed by atoms with E-state index in [1.165, 1.54) is 7.11 Å². The fourth-order valence-corrected chi connectivity index (χ4v) is 7.11. The Morgan fingerprint density at radius 2 is 1.96 bits per heavy atom. The second-order valence-electron chi connectivity index (χ2n) is 7.57. The average molecular weight is 411 g/mol. The van der Waals surface area contributed by atoms with E-state index >= 15 is 0 Å². The molecule has 1 aromatic heterocycles. The standard InChI is InChI=1S/C18H22N2O5S2/c1-10-12(14(21)18(2,3)4)20-15(22)13(25-5)16(20)27(23,24)17(10)26-11-8-6-7-9-19-11/h6-9,13,16-17H,1-5H3/t13-,16+,17?/m0/s1. The van der Waals surface area contributed by atoms with Crippen LogP contribution in [0, 0.1) is 5.41 Å². The summed E-state index contributed by atoms with van der Waals surface area (Å²) >= 11 is 1.06. The predicted octanol–water partition coefficient (Wildman–Crippen LogP) is 2.00. The zero-order chi connectivity index (χ0) is 20.1. The molecule has 1 fully saturated rings. The lowest BCUT2D eigenvalue weighted by molar-refractivity contribution is -0.161. The number of methoxy groups -OCH3 is 1. The molecule has 1 aromatic rings. The number of ketones is 1. The first-order chi connectivity index (χ1) is 12.5. The third-order valence-electron chi connectivity index (χ3n) is 4.61. The Morgan fingerprint density at radius 3 is 2.48 bits per heavy atom. The number of carbonyl (C=O) groups is 2. The summed E-state index contributed by atoms with van der Waals surface area (Å²) in [6.07, 6.45) is 0.479. The molecular formula is C18H22N2O5S2. The smallest absolute Gasteiger partial charge is 0.260 e. The summed E-state index contributed by atoms with van der Waals surface area (Å²) in [5.74, 6) is -0.770. The number of allylic oxidation sites excluding steroid dienone is 1. The van der Waals surface area contributed by atoms with E-state index in [0.29, 0.717) is 10.6 Å². The van der Waals surface area contributed by atoms with Crippen LogP contribution in [0.15, 0.2) is 40.7 Å². The average Bonchev–Trinajstić information content (AvgIpc) is 2.59. The van der Waals surface area contributed by atoms with Crippen molar-refractivity contribution in [2.75, 3.05) is 7.11 Å². The van der Waals surface area contributed by atoms with Crippen LogP contribution in [-0.2, 0) is 24.2 Å². The number of amides is 1. The minimum atomic E-state index is -3.83. The van der Waals surface area contributed by atoms with Crippen LogP contribution in [0.1, 0.15) is 27.7 Å². The minimum absolute atomic E-state index is 0.161. The molecule has 3 heterocycles. The Bertz CT molecular complexity index is 919. The van der Waals surface area contributed by atoms with Crippen LogP contribution < -0.4 is 0 Å². The number of hydrogen-bond donors (Lipinski definition) is 0. The highest BCUT2D eigenvalue weighted by atomic mass is 32.3. The SMILES string of the molecule is CO[C@H]1C(=O)N2C(C(=O)C(C)(C)C)=C(C)C(Sc3ccccn3)S(=O)(=O)[C@H]12. The first kappa shape index (κ1) is 20.0. The Labute approximate surface area is 163 Å². The summed E-state index contributed by atoms with van der Waals surface area (Å²) < 4.78 is 30.6. The van der Waals surface area contributed by atoms with Gasteiger partial charge in [0.2, 0.25) is 0 Å². The van der Waals surface area contributed by atoms with Crippen LogP contribution in [0.25, 0.3) is 0 Å². The third kappa shape index (κ3) is 3.11. The number of β-lactam (4-membered cyclic amide) rings is 1. The summed E-state index contributed by atoms with van der Waals surface area (Å²) in [6.45, 7) is 6.83. The number of rotatable bonds is 4. The predicted molar refractivity (Wildman–Crippen MR) is 101 cm³/mol. The Kier molecular flexibility index (Phi) is 4.98. The second kappa shape index (κ2) is 6.72. The van der Waals surface area contributed by atoms with Gasteiger partial charge in [-0.1, -0.05) is 38.6 Å². The number of pyridine rings is 1. The molecule has 2 aliphatic heterocycles. The molecule has 27 heavy (non-hydrogen) atoms. The summed E-state index contributed by atoms with van der Waals surface area (Å²) in [5, 5.41) is -0.665. The van der Waals surface area contributed by atoms with Gasteiger partial charge in [-0.2, -0.15) is 0 Å². The van der Waals surface area contributed by atoms with Gasteiger partial charge in [0, 0.05) is 18.7 Å². The van der Waals surface area contributed by atoms with Gasteiger partial charge in [-0.05, 0) is 24.6 Å². The summed E-state index contributed by atoms with van der Waals surface area (Å²) in [4.78, 5) is 30.8. The number of aromatic nitrogens is 1. The Hall–Kier alpha value is -1.71. The number of thioether (sulfide) groups is 1. The van der Waals surface area contributed by atoms with Crippen molar-refractivity contribution >= 4 is 33.3 Å². The molecule has 0 bridgehead atoms. The number of ether oxygens (including phenoxy) is 1. The van der Waals surface area contributed by atoms with Crippen LogP contribution in [0.4, 0.5) is 0 Å². The molecule has 0 aliphatic carbocycles. The van der Waals surface area contributed by atoms with Gasteiger partial charge in [0.15, 0.2) is 27.1 Å². The van der Waals surface area contributed by atoms with Gasteiger partial charge in [0.05, 0.1) is 10.7 Å². The van der Waals surface area contributed by atoms with Gasteiger partial charge in [0.1, 0.15) is 4.58 Å². The van der Waals surface area contributed by atoms with Gasteiger partial charge < -0.3 is 4.74 Å². The maximum atomic E-state index is 13.3. The molecule has 1 amide bonds. The van der Waals surface area contributed by atoms with E-state index in [4.69, 9.17) is 4.74 Å². The molecular weight excluding hydrogens is 388 g/mol. The quantitative estimate of drug-likeness (QED) is 0.701. The lowest BCUT2D eigenvalue weighted by atomic mass is 9.86. The van der Waals surface area contributed by atoms with Crippen molar-refractivity contribution < 1.29 is 22.7 Å². The summed E-state index contributed by atoms with van der Waals surface area (Å²) in [7, 11) is -2.53. The van der Waals surface area contributed by atoms with Crippen molar-refractivity contribution in [1.82, 2.24) is 9.88 Å². The minimum Gasteiger partial charge on any atom is -0.368 e. The van der Waals surface area contributed by atoms with Crippen molar-refractivity contribution in [3.05, 3.63) is 35.7 Å². The molecule has 3 atom stereocenters. The number of fused-ring (bicyclic) bond motifs is 1. The van der Waals surface area contributed by atoms with Crippen LogP contribution in [0.3, 0.4) is 0 Å². The fourth-order valence-electron chi connectivity index (χ4n) is 3.21. The molecule has 0 aromatic carbocycles. The summed E-state index contributed by atoms with van der Waals surface area (Å²) in [5.41, 5.74) is -0.250. The molecule has 0 saturated carbocycles. The van der Waals surface area contributed by atoms with Crippen molar-refractivity contribution in [3.63, 3.8) is 0 Å². The Balaban J connectivity index is 2.16. The third-order valence-corrected chi connectivity index (χ3v) is 8.84. The molecule has 146 valence electrons. The highest BCUT2D eigenvalue weighted by Gasteiger charge is 2.63. The maximum Gasteiger partial charge on any atom is 0.260 e. The van der Waals surface area contributed by atoms with Crippen molar-refractivity contribution in [2.45, 2.75) is 48.8 Å². The lowest BCUT2D eigenvalue weighted by Gasteiger charge is -2.51. The van der Waals surface area contributed by atoms with E-state index in [0.717, 1.165) is 16.7 Å². The lowest BCUT2D eigenvalue weighted by Crippen LogP contribution is -2.71. The highest BCUT2D eigenvalue weighted by molar-refractivity contribution is 8.14. The number of hydrogen-bond acceptors (Lipinski definition) is 7. The summed E-state index contributed by atoms with van der Waals surface area (Å²) in [6, 6.07) is 5.22. The van der Waals surface area contributed by atoms with E-state index in [1.54, 1.807) is 52.1 Å². The first-order valence-corrected chi connectivity index (χ1v) is 10.9. The molecule has 9 heteroatoms. The van der Waals surface area contributed by atoms with Crippen LogP contribution in [0.5, 0.6) is 0 Å². The molecule has 0 spiro atoms. The van der Waals surface area contributed by atoms with Crippen LogP contribution >= 0.6 is 11.8 Å². The monoisotopic (exact) mass is 410 g/mol. The molecule has 7 nitrogen and oxygen atoms in total.